The summed E-state index contributed by atoms with van der Waals surface area (Å²) in [4.78, 5) is 11.6. The van der Waals surface area contributed by atoms with Crippen molar-refractivity contribution < 1.29 is 0 Å². The monoisotopic (exact) mass is 322 g/mol. The predicted molar refractivity (Wildman–Crippen MR) is 94.5 cm³/mol. The van der Waals surface area contributed by atoms with Crippen LogP contribution in [0.5, 0.6) is 0 Å². The van der Waals surface area contributed by atoms with Crippen LogP contribution >= 0.6 is 0 Å². The minimum absolute atomic E-state index is 0.857. The minimum atomic E-state index is 0.857. The molecule has 0 aliphatic carbocycles. The summed E-state index contributed by atoms with van der Waals surface area (Å²) in [6.07, 6.45) is 6.29. The molecule has 0 unspecified atom stereocenters. The Morgan fingerprint density at radius 1 is 1.08 bits per heavy atom. The lowest BCUT2D eigenvalue weighted by molar-refractivity contribution is 0.730. The fraction of sp³-hybridized carbons (Fsp3) is 0.389. The molecule has 1 aliphatic rings. The molecule has 6 heteroatoms. The van der Waals surface area contributed by atoms with Crippen LogP contribution < -0.4 is 4.90 Å². The molecule has 3 aromatic heterocycles. The normalized spacial score (nSPS) is 14.5. The second-order valence-electron chi connectivity index (χ2n) is 6.36. The van der Waals surface area contributed by atoms with Crippen LogP contribution in [-0.4, -0.2) is 37.4 Å². The van der Waals surface area contributed by atoms with Gasteiger partial charge in [0.15, 0.2) is 11.6 Å². The Kier molecular flexibility index (Phi) is 3.59. The second-order valence-corrected chi connectivity index (χ2v) is 6.36. The molecule has 1 saturated heterocycles. The van der Waals surface area contributed by atoms with E-state index in [9.17, 15) is 0 Å². The molecule has 0 atom stereocenters. The average molecular weight is 322 g/mol. The summed E-state index contributed by atoms with van der Waals surface area (Å²) in [6, 6.07) is 6.03. The summed E-state index contributed by atoms with van der Waals surface area (Å²) in [5.74, 6) is 1.90. The number of hydrogen-bond donors (Lipinski definition) is 0. The Hall–Kier alpha value is -2.63. The maximum absolute atomic E-state index is 4.77. The van der Waals surface area contributed by atoms with Crippen molar-refractivity contribution in [2.24, 2.45) is 7.05 Å². The van der Waals surface area contributed by atoms with Gasteiger partial charge in [-0.1, -0.05) is 6.07 Å². The molecule has 4 heterocycles. The largest absolute Gasteiger partial charge is 0.353 e. The van der Waals surface area contributed by atoms with Gasteiger partial charge in [0.05, 0.1) is 5.69 Å². The maximum atomic E-state index is 4.77. The van der Waals surface area contributed by atoms with Gasteiger partial charge in [-0.2, -0.15) is 5.10 Å². The zero-order valence-electron chi connectivity index (χ0n) is 14.4. The third-order valence-electron chi connectivity index (χ3n) is 4.69. The van der Waals surface area contributed by atoms with Crippen LogP contribution in [0.3, 0.4) is 0 Å². The van der Waals surface area contributed by atoms with Gasteiger partial charge in [-0.25, -0.2) is 9.97 Å². The Balaban J connectivity index is 1.87. The molecule has 0 aromatic carbocycles. The lowest BCUT2D eigenvalue weighted by atomic mass is 10.2. The quantitative estimate of drug-likeness (QED) is 0.744. The smallest absolute Gasteiger partial charge is 0.175 e. The van der Waals surface area contributed by atoms with Gasteiger partial charge in [-0.3, -0.25) is 9.25 Å². The zero-order valence-corrected chi connectivity index (χ0v) is 14.4. The molecule has 0 radical (unpaired) electrons. The summed E-state index contributed by atoms with van der Waals surface area (Å²) in [5, 5.41) is 4.77. The summed E-state index contributed by atoms with van der Waals surface area (Å²) < 4.78 is 4.08. The Morgan fingerprint density at radius 3 is 2.62 bits per heavy atom. The van der Waals surface area contributed by atoms with E-state index >= 15 is 0 Å². The molecular formula is C18H22N6. The highest BCUT2D eigenvalue weighted by atomic mass is 15.4. The highest BCUT2D eigenvalue weighted by Gasteiger charge is 2.24. The van der Waals surface area contributed by atoms with E-state index in [-0.39, 0.29) is 0 Å². The average Bonchev–Trinajstić information content (AvgIpc) is 3.29. The lowest BCUT2D eigenvalue weighted by Crippen LogP contribution is -2.20. The van der Waals surface area contributed by atoms with Crippen molar-refractivity contribution in [2.45, 2.75) is 26.7 Å². The molecule has 24 heavy (non-hydrogen) atoms. The van der Waals surface area contributed by atoms with E-state index in [4.69, 9.17) is 5.10 Å². The molecule has 0 N–H and O–H groups in total. The molecule has 0 saturated carbocycles. The lowest BCUT2D eigenvalue weighted by Gasteiger charge is -2.17. The number of hydrogen-bond acceptors (Lipinski definition) is 4. The molecule has 3 aromatic rings. The van der Waals surface area contributed by atoms with Gasteiger partial charge in [0, 0.05) is 38.2 Å². The first-order valence-corrected chi connectivity index (χ1v) is 8.41. The van der Waals surface area contributed by atoms with Gasteiger partial charge < -0.3 is 4.90 Å². The van der Waals surface area contributed by atoms with Crippen molar-refractivity contribution in [3.8, 4) is 17.2 Å². The third kappa shape index (κ3) is 2.38. The summed E-state index contributed by atoms with van der Waals surface area (Å²) >= 11 is 0. The first-order valence-electron chi connectivity index (χ1n) is 8.41. The Labute approximate surface area is 141 Å². The molecule has 0 bridgehead atoms. The van der Waals surface area contributed by atoms with Crippen molar-refractivity contribution >= 4 is 5.82 Å². The molecule has 6 nitrogen and oxygen atoms in total. The number of imidazole rings is 1. The van der Waals surface area contributed by atoms with E-state index in [1.165, 1.54) is 12.8 Å². The van der Waals surface area contributed by atoms with Gasteiger partial charge in [-0.15, -0.1) is 0 Å². The van der Waals surface area contributed by atoms with Crippen LogP contribution in [0.4, 0.5) is 5.82 Å². The Bertz CT molecular complexity index is 870. The molecule has 0 amide bonds. The van der Waals surface area contributed by atoms with E-state index in [0.29, 0.717) is 0 Å². The number of aryl methyl sites for hydroxylation is 2. The highest BCUT2D eigenvalue weighted by Crippen LogP contribution is 2.32. The molecule has 0 spiro atoms. The fourth-order valence-corrected chi connectivity index (χ4v) is 3.34. The van der Waals surface area contributed by atoms with Crippen molar-refractivity contribution in [3.05, 3.63) is 42.0 Å². The second kappa shape index (κ2) is 5.78. The van der Waals surface area contributed by atoms with E-state index in [1.807, 2.05) is 49.2 Å². The Morgan fingerprint density at radius 2 is 1.88 bits per heavy atom. The van der Waals surface area contributed by atoms with Crippen LogP contribution in [-0.2, 0) is 7.05 Å². The van der Waals surface area contributed by atoms with Crippen molar-refractivity contribution in [1.82, 2.24) is 24.3 Å². The van der Waals surface area contributed by atoms with Gasteiger partial charge in [0.25, 0.3) is 0 Å². The van der Waals surface area contributed by atoms with E-state index < -0.39 is 0 Å². The number of nitrogens with zero attached hydrogens (tertiary/aromatic N) is 6. The summed E-state index contributed by atoms with van der Waals surface area (Å²) in [6.45, 7) is 6.24. The van der Waals surface area contributed by atoms with Crippen molar-refractivity contribution in [1.29, 1.82) is 0 Å². The third-order valence-corrected chi connectivity index (χ3v) is 4.69. The number of rotatable bonds is 3. The molecule has 124 valence electrons. The SMILES string of the molecule is Cc1cccc(-c2nccn2-c2c(N3CCCC3)nn(C)c2C)n1. The maximum Gasteiger partial charge on any atom is 0.175 e. The van der Waals surface area contributed by atoms with Gasteiger partial charge in [-0.05, 0) is 38.8 Å². The van der Waals surface area contributed by atoms with Gasteiger partial charge in [0.2, 0.25) is 0 Å². The standard InChI is InChI=1S/C18H22N6/c1-13-7-6-8-15(20-13)17-19-9-12-24(17)16-14(2)22(3)21-18(16)23-10-4-5-11-23/h6-9,12H,4-5,10-11H2,1-3H3. The van der Waals surface area contributed by atoms with Crippen molar-refractivity contribution in [3.63, 3.8) is 0 Å². The minimum Gasteiger partial charge on any atom is -0.353 e. The van der Waals surface area contributed by atoms with Crippen LogP contribution in [0.2, 0.25) is 0 Å². The predicted octanol–water partition coefficient (Wildman–Crippen LogP) is 2.88. The van der Waals surface area contributed by atoms with E-state index in [0.717, 1.165) is 47.5 Å². The molecule has 1 aliphatic heterocycles. The van der Waals surface area contributed by atoms with Gasteiger partial charge >= 0.3 is 0 Å². The summed E-state index contributed by atoms with van der Waals surface area (Å²) in [5.41, 5.74) is 4.11. The first-order chi connectivity index (χ1) is 11.6. The van der Waals surface area contributed by atoms with Crippen LogP contribution in [0.15, 0.2) is 30.6 Å². The molecule has 1 fully saturated rings. The molecular weight excluding hydrogens is 300 g/mol. The first kappa shape index (κ1) is 14.9. The highest BCUT2D eigenvalue weighted by molar-refractivity contribution is 5.65. The van der Waals surface area contributed by atoms with Crippen LogP contribution in [0.1, 0.15) is 24.2 Å². The van der Waals surface area contributed by atoms with E-state index in [2.05, 4.69) is 26.4 Å². The zero-order chi connectivity index (χ0) is 16.7. The topological polar surface area (TPSA) is 51.8 Å². The van der Waals surface area contributed by atoms with Crippen molar-refractivity contribution in [2.75, 3.05) is 18.0 Å². The van der Waals surface area contributed by atoms with Crippen LogP contribution in [0.25, 0.3) is 17.2 Å². The van der Waals surface area contributed by atoms with Gasteiger partial charge in [0.1, 0.15) is 11.4 Å². The summed E-state index contributed by atoms with van der Waals surface area (Å²) in [7, 11) is 2.00. The number of pyridine rings is 1. The number of anilines is 1. The fourth-order valence-electron chi connectivity index (χ4n) is 3.34. The number of aromatic nitrogens is 5. The van der Waals surface area contributed by atoms with E-state index in [1.54, 1.807) is 0 Å². The van der Waals surface area contributed by atoms with Crippen LogP contribution in [0, 0.1) is 13.8 Å². The molecule has 4 rings (SSSR count).